The normalized spacial score (nSPS) is 19.1. The van der Waals surface area contributed by atoms with Crippen LogP contribution >= 0.6 is 0 Å². The molecule has 9 N–H and O–H groups in total. The fraction of sp³-hybridized carbons (Fsp3) is 0.235. The van der Waals surface area contributed by atoms with E-state index in [-0.39, 0.29) is 52.6 Å². The Morgan fingerprint density at radius 3 is 2.19 bits per heavy atom. The van der Waals surface area contributed by atoms with Crippen molar-refractivity contribution in [2.24, 2.45) is 11.5 Å². The van der Waals surface area contributed by atoms with Gasteiger partial charge in [0.2, 0.25) is 5.78 Å². The first-order valence-electron chi connectivity index (χ1n) is 7.72. The van der Waals surface area contributed by atoms with Gasteiger partial charge in [-0.2, -0.15) is 0 Å². The molecule has 3 rings (SSSR count). The van der Waals surface area contributed by atoms with Crippen molar-refractivity contribution in [1.29, 1.82) is 0 Å². The molecule has 26 heavy (non-hydrogen) atoms. The van der Waals surface area contributed by atoms with Crippen molar-refractivity contribution in [2.75, 3.05) is 0 Å². The van der Waals surface area contributed by atoms with Gasteiger partial charge in [0, 0.05) is 13.1 Å². The van der Waals surface area contributed by atoms with Crippen LogP contribution in [0.1, 0.15) is 33.2 Å². The third-order valence-electron chi connectivity index (χ3n) is 4.38. The van der Waals surface area contributed by atoms with Gasteiger partial charge in [0.05, 0.1) is 11.1 Å². The van der Waals surface area contributed by atoms with Gasteiger partial charge < -0.3 is 41.7 Å². The molecule has 2 aromatic rings. The maximum absolute atomic E-state index is 12.7. The van der Waals surface area contributed by atoms with Crippen molar-refractivity contribution in [3.63, 3.8) is 0 Å². The number of hydrogen-bond donors (Lipinski definition) is 7. The van der Waals surface area contributed by atoms with Crippen LogP contribution in [0.3, 0.4) is 0 Å². The second kappa shape index (κ2) is 6.37. The molecule has 2 unspecified atom stereocenters. The van der Waals surface area contributed by atoms with Crippen LogP contribution in [0.15, 0.2) is 18.2 Å². The van der Waals surface area contributed by atoms with E-state index < -0.39 is 29.5 Å². The predicted octanol–water partition coefficient (Wildman–Crippen LogP) is 0.104. The van der Waals surface area contributed by atoms with E-state index in [0.29, 0.717) is 0 Å². The molecule has 138 valence electrons. The van der Waals surface area contributed by atoms with Gasteiger partial charge in [-0.25, -0.2) is 0 Å². The highest BCUT2D eigenvalue weighted by Gasteiger charge is 2.42. The Kier molecular flexibility index (Phi) is 4.36. The molecule has 0 radical (unpaired) electrons. The van der Waals surface area contributed by atoms with Crippen molar-refractivity contribution in [1.82, 2.24) is 0 Å². The van der Waals surface area contributed by atoms with Crippen LogP contribution in [0.25, 0.3) is 0 Å². The fourth-order valence-corrected chi connectivity index (χ4v) is 3.00. The summed E-state index contributed by atoms with van der Waals surface area (Å²) < 4.78 is 5.67. The maximum atomic E-state index is 12.7. The summed E-state index contributed by atoms with van der Waals surface area (Å²) in [6.07, 6.45) is -2.94. The van der Waals surface area contributed by atoms with E-state index in [2.05, 4.69) is 0 Å². The number of aromatic hydroxyl groups is 4. The zero-order chi connectivity index (χ0) is 19.2. The van der Waals surface area contributed by atoms with E-state index in [1.54, 1.807) is 0 Å². The van der Waals surface area contributed by atoms with Gasteiger partial charge in [-0.15, -0.1) is 0 Å². The third-order valence-corrected chi connectivity index (χ3v) is 4.38. The smallest absolute Gasteiger partial charge is 0.202 e. The second-order valence-electron chi connectivity index (χ2n) is 5.86. The van der Waals surface area contributed by atoms with Crippen molar-refractivity contribution < 1.29 is 35.1 Å². The molecule has 0 amide bonds. The molecule has 2 aromatic carbocycles. The minimum Gasteiger partial charge on any atom is -0.507 e. The van der Waals surface area contributed by atoms with Crippen LogP contribution in [-0.4, -0.2) is 37.4 Å². The minimum absolute atomic E-state index is 0.0616. The zero-order valence-electron chi connectivity index (χ0n) is 13.5. The number of rotatable bonds is 3. The first kappa shape index (κ1) is 17.8. The predicted molar refractivity (Wildman–Crippen MR) is 89.0 cm³/mol. The van der Waals surface area contributed by atoms with Crippen LogP contribution in [-0.2, 0) is 13.1 Å². The van der Waals surface area contributed by atoms with Crippen LogP contribution in [0.5, 0.6) is 28.7 Å². The van der Waals surface area contributed by atoms with E-state index >= 15 is 0 Å². The van der Waals surface area contributed by atoms with E-state index in [0.717, 1.165) is 6.07 Å². The van der Waals surface area contributed by atoms with Crippen LogP contribution < -0.4 is 16.2 Å². The van der Waals surface area contributed by atoms with E-state index in [1.807, 2.05) is 0 Å². The van der Waals surface area contributed by atoms with Crippen molar-refractivity contribution in [2.45, 2.75) is 25.3 Å². The Morgan fingerprint density at radius 1 is 0.962 bits per heavy atom. The lowest BCUT2D eigenvalue weighted by molar-refractivity contribution is 0.0204. The van der Waals surface area contributed by atoms with Gasteiger partial charge in [-0.1, -0.05) is 6.07 Å². The highest BCUT2D eigenvalue weighted by molar-refractivity contribution is 6.06. The second-order valence-corrected chi connectivity index (χ2v) is 5.86. The lowest BCUT2D eigenvalue weighted by atomic mass is 9.89. The number of benzene rings is 2. The largest absolute Gasteiger partial charge is 0.507 e. The quantitative estimate of drug-likeness (QED) is 0.373. The Balaban J connectivity index is 2.20. The number of ether oxygens (including phenoxy) is 1. The van der Waals surface area contributed by atoms with Gasteiger partial charge >= 0.3 is 0 Å². The summed E-state index contributed by atoms with van der Waals surface area (Å²) >= 11 is 0. The summed E-state index contributed by atoms with van der Waals surface area (Å²) in [7, 11) is 0. The summed E-state index contributed by atoms with van der Waals surface area (Å²) in [6, 6.07) is 3.67. The number of nitrogens with two attached hydrogens (primary N) is 2. The van der Waals surface area contributed by atoms with E-state index in [4.69, 9.17) is 16.2 Å². The van der Waals surface area contributed by atoms with Crippen LogP contribution in [0.2, 0.25) is 0 Å². The molecule has 2 atom stereocenters. The molecule has 0 aromatic heterocycles. The lowest BCUT2D eigenvalue weighted by Gasteiger charge is -2.32. The molecular weight excluding hydrogens is 344 g/mol. The number of phenols is 4. The molecule has 0 saturated heterocycles. The molecule has 9 nitrogen and oxygen atoms in total. The highest BCUT2D eigenvalue weighted by Crippen LogP contribution is 2.48. The van der Waals surface area contributed by atoms with Crippen LogP contribution in [0, 0.1) is 0 Å². The Hall–Kier alpha value is -3.01. The van der Waals surface area contributed by atoms with Gasteiger partial charge in [0.25, 0.3) is 0 Å². The SMILES string of the molecule is NCc1c(O)c(CN)c2c(c1O)C(=O)C(O)C(c1ccc(O)c(O)c1)O2. The Bertz CT molecular complexity index is 897. The number of hydrogen-bond acceptors (Lipinski definition) is 9. The zero-order valence-corrected chi connectivity index (χ0v) is 13.5. The number of carbonyl (C=O) groups excluding carboxylic acids is 1. The molecule has 1 aliphatic rings. The van der Waals surface area contributed by atoms with Crippen molar-refractivity contribution in [3.8, 4) is 28.7 Å². The summed E-state index contributed by atoms with van der Waals surface area (Å²) in [6.45, 7) is -0.463. The van der Waals surface area contributed by atoms with E-state index in [9.17, 15) is 30.3 Å². The minimum atomic E-state index is -1.70. The summed E-state index contributed by atoms with van der Waals surface area (Å²) in [5, 5.41) is 50.0. The molecule has 0 spiro atoms. The maximum Gasteiger partial charge on any atom is 0.202 e. The molecular formula is C17H18N2O7. The molecule has 1 aliphatic heterocycles. The number of aliphatic hydroxyl groups is 1. The number of fused-ring (bicyclic) bond motifs is 1. The number of phenolic OH excluding ortho intramolecular Hbond substituents is 4. The monoisotopic (exact) mass is 362 g/mol. The number of ketones is 1. The molecule has 0 fully saturated rings. The van der Waals surface area contributed by atoms with Gasteiger partial charge in [-0.05, 0) is 17.7 Å². The summed E-state index contributed by atoms with van der Waals surface area (Å²) in [4.78, 5) is 12.7. The van der Waals surface area contributed by atoms with Gasteiger partial charge in [0.15, 0.2) is 23.7 Å². The Morgan fingerprint density at radius 2 is 1.62 bits per heavy atom. The topological polar surface area (TPSA) is 179 Å². The fourth-order valence-electron chi connectivity index (χ4n) is 3.00. The van der Waals surface area contributed by atoms with Gasteiger partial charge in [-0.3, -0.25) is 4.79 Å². The van der Waals surface area contributed by atoms with Crippen molar-refractivity contribution in [3.05, 3.63) is 40.5 Å². The van der Waals surface area contributed by atoms with Crippen LogP contribution in [0.4, 0.5) is 0 Å². The summed E-state index contributed by atoms with van der Waals surface area (Å²) in [5.74, 6) is -2.80. The van der Waals surface area contributed by atoms with Gasteiger partial charge in [0.1, 0.15) is 22.8 Å². The number of Topliss-reactive ketones (excluding diaryl/α,β-unsaturated/α-hetero) is 1. The van der Waals surface area contributed by atoms with E-state index in [1.165, 1.54) is 12.1 Å². The number of carbonyl (C=O) groups is 1. The third kappa shape index (κ3) is 2.49. The first-order chi connectivity index (χ1) is 12.3. The average molecular weight is 362 g/mol. The summed E-state index contributed by atoms with van der Waals surface area (Å²) in [5.41, 5.74) is 11.0. The Labute approximate surface area is 147 Å². The molecule has 1 heterocycles. The highest BCUT2D eigenvalue weighted by atomic mass is 16.5. The average Bonchev–Trinajstić information content (AvgIpc) is 2.61. The molecule has 0 bridgehead atoms. The number of aliphatic hydroxyl groups excluding tert-OH is 1. The standard InChI is InChI=1S/C17H18N2O7/c18-4-7-12(22)8(5-19)17-11(13(7)23)14(24)15(25)16(26-17)6-1-2-9(20)10(21)3-6/h1-3,15-16,20-23,25H,4-5,18-19H2. The first-order valence-corrected chi connectivity index (χ1v) is 7.72. The molecule has 0 saturated carbocycles. The molecule has 0 aliphatic carbocycles. The van der Waals surface area contributed by atoms with Crippen molar-refractivity contribution >= 4 is 5.78 Å². The lowest BCUT2D eigenvalue weighted by Crippen LogP contribution is -2.37. The molecule has 9 heteroatoms.